The third-order valence-electron chi connectivity index (χ3n) is 4.98. The fraction of sp³-hybridized carbons (Fsp3) is 1.00. The quantitative estimate of drug-likeness (QED) is 0.751. The summed E-state index contributed by atoms with van der Waals surface area (Å²) >= 11 is 0. The monoisotopic (exact) mass is 268 g/mol. The first-order valence-corrected chi connectivity index (χ1v) is 8.40. The highest BCUT2D eigenvalue weighted by molar-refractivity contribution is 4.83. The van der Waals surface area contributed by atoms with Crippen molar-refractivity contribution in [1.29, 1.82) is 0 Å². The van der Waals surface area contributed by atoms with E-state index in [1.165, 1.54) is 58.0 Å². The van der Waals surface area contributed by atoms with E-state index in [1.807, 2.05) is 0 Å². The Hall–Kier alpha value is -0.120. The average molecular weight is 268 g/mol. The van der Waals surface area contributed by atoms with Crippen LogP contribution in [0.5, 0.6) is 0 Å². The summed E-state index contributed by atoms with van der Waals surface area (Å²) in [5, 5.41) is 13.1. The Morgan fingerprint density at radius 3 is 2.74 bits per heavy atom. The molecule has 2 fully saturated rings. The van der Waals surface area contributed by atoms with Crippen molar-refractivity contribution >= 4 is 0 Å². The second kappa shape index (κ2) is 8.23. The molecule has 0 spiro atoms. The second-order valence-electron chi connectivity index (χ2n) is 6.51. The van der Waals surface area contributed by atoms with E-state index >= 15 is 0 Å². The van der Waals surface area contributed by atoms with Gasteiger partial charge in [0.25, 0.3) is 0 Å². The molecule has 3 atom stereocenters. The van der Waals surface area contributed by atoms with Crippen LogP contribution in [0.3, 0.4) is 0 Å². The molecule has 112 valence electrons. The van der Waals surface area contributed by atoms with Crippen LogP contribution in [0.15, 0.2) is 0 Å². The lowest BCUT2D eigenvalue weighted by molar-refractivity contribution is 0.0991. The molecule has 1 saturated carbocycles. The Kier molecular flexibility index (Phi) is 6.62. The van der Waals surface area contributed by atoms with E-state index in [0.717, 1.165) is 25.0 Å². The number of likely N-dealkylation sites (tertiary alicyclic amines) is 1. The van der Waals surface area contributed by atoms with Gasteiger partial charge in [-0.25, -0.2) is 0 Å². The lowest BCUT2D eigenvalue weighted by atomic mass is 9.91. The fourth-order valence-electron chi connectivity index (χ4n) is 3.93. The predicted octanol–water partition coefficient (Wildman–Crippen LogP) is 2.25. The van der Waals surface area contributed by atoms with Crippen LogP contribution < -0.4 is 5.32 Å². The topological polar surface area (TPSA) is 35.5 Å². The lowest BCUT2D eigenvalue weighted by Gasteiger charge is -2.36. The van der Waals surface area contributed by atoms with Crippen molar-refractivity contribution in [3.63, 3.8) is 0 Å². The number of nitrogens with zero attached hydrogens (tertiary/aromatic N) is 1. The molecule has 1 aliphatic heterocycles. The minimum absolute atomic E-state index is 0.373. The van der Waals surface area contributed by atoms with E-state index < -0.39 is 0 Å². The summed E-state index contributed by atoms with van der Waals surface area (Å²) in [5.41, 5.74) is 0. The zero-order chi connectivity index (χ0) is 13.5. The van der Waals surface area contributed by atoms with Crippen LogP contribution in [0.4, 0.5) is 0 Å². The van der Waals surface area contributed by atoms with Crippen molar-refractivity contribution in [2.24, 2.45) is 11.8 Å². The SMILES string of the molecule is CCNC1CCCCCC1CN1CCCC(CO)C1. The Morgan fingerprint density at radius 1 is 1.11 bits per heavy atom. The summed E-state index contributed by atoms with van der Waals surface area (Å²) in [4.78, 5) is 2.62. The highest BCUT2D eigenvalue weighted by Crippen LogP contribution is 2.26. The molecule has 0 aromatic rings. The van der Waals surface area contributed by atoms with Crippen LogP contribution >= 0.6 is 0 Å². The van der Waals surface area contributed by atoms with Crippen molar-refractivity contribution in [2.45, 2.75) is 57.9 Å². The molecule has 1 saturated heterocycles. The van der Waals surface area contributed by atoms with Gasteiger partial charge in [-0.3, -0.25) is 0 Å². The van der Waals surface area contributed by atoms with Crippen LogP contribution in [0.1, 0.15) is 51.9 Å². The summed E-state index contributed by atoms with van der Waals surface area (Å²) < 4.78 is 0. The average Bonchev–Trinajstić information content (AvgIpc) is 2.65. The van der Waals surface area contributed by atoms with E-state index in [0.29, 0.717) is 12.5 Å². The minimum atomic E-state index is 0.373. The first-order valence-electron chi connectivity index (χ1n) is 8.40. The molecule has 2 N–H and O–H groups in total. The second-order valence-corrected chi connectivity index (χ2v) is 6.51. The summed E-state index contributed by atoms with van der Waals surface area (Å²) in [7, 11) is 0. The molecule has 3 nitrogen and oxygen atoms in total. The van der Waals surface area contributed by atoms with Gasteiger partial charge in [0.15, 0.2) is 0 Å². The molecule has 1 aliphatic carbocycles. The van der Waals surface area contributed by atoms with Crippen molar-refractivity contribution in [1.82, 2.24) is 10.2 Å². The highest BCUT2D eigenvalue weighted by Gasteiger charge is 2.27. The number of hydrogen-bond acceptors (Lipinski definition) is 3. The van der Waals surface area contributed by atoms with E-state index in [2.05, 4.69) is 17.1 Å². The van der Waals surface area contributed by atoms with Crippen molar-refractivity contribution < 1.29 is 5.11 Å². The number of aliphatic hydroxyl groups excluding tert-OH is 1. The number of rotatable bonds is 5. The van der Waals surface area contributed by atoms with Gasteiger partial charge in [0, 0.05) is 25.7 Å². The highest BCUT2D eigenvalue weighted by atomic mass is 16.3. The zero-order valence-corrected chi connectivity index (χ0v) is 12.6. The van der Waals surface area contributed by atoms with Gasteiger partial charge in [0.1, 0.15) is 0 Å². The molecular weight excluding hydrogens is 236 g/mol. The fourth-order valence-corrected chi connectivity index (χ4v) is 3.93. The van der Waals surface area contributed by atoms with Gasteiger partial charge in [-0.15, -0.1) is 0 Å². The molecule has 3 unspecified atom stereocenters. The largest absolute Gasteiger partial charge is 0.396 e. The Bertz CT molecular complexity index is 247. The Labute approximate surface area is 118 Å². The molecule has 19 heavy (non-hydrogen) atoms. The Morgan fingerprint density at radius 2 is 1.95 bits per heavy atom. The van der Waals surface area contributed by atoms with E-state index in [-0.39, 0.29) is 0 Å². The van der Waals surface area contributed by atoms with Crippen molar-refractivity contribution in [3.8, 4) is 0 Å². The normalized spacial score (nSPS) is 34.1. The maximum absolute atomic E-state index is 9.36. The van der Waals surface area contributed by atoms with Crippen LogP contribution in [0, 0.1) is 11.8 Å². The number of aliphatic hydroxyl groups is 1. The first-order chi connectivity index (χ1) is 9.33. The van der Waals surface area contributed by atoms with Gasteiger partial charge in [-0.05, 0) is 50.6 Å². The van der Waals surface area contributed by atoms with Gasteiger partial charge in [0.05, 0.1) is 0 Å². The number of nitrogens with one attached hydrogen (secondary N) is 1. The predicted molar refractivity (Wildman–Crippen MR) is 80.3 cm³/mol. The Balaban J connectivity index is 1.86. The zero-order valence-electron chi connectivity index (χ0n) is 12.6. The number of hydrogen-bond donors (Lipinski definition) is 2. The van der Waals surface area contributed by atoms with Crippen molar-refractivity contribution in [3.05, 3.63) is 0 Å². The summed E-state index contributed by atoms with van der Waals surface area (Å²) in [6, 6.07) is 0.724. The molecular formula is C16H32N2O. The van der Waals surface area contributed by atoms with Gasteiger partial charge in [-0.2, -0.15) is 0 Å². The van der Waals surface area contributed by atoms with Gasteiger partial charge in [-0.1, -0.05) is 26.2 Å². The molecule has 2 rings (SSSR count). The van der Waals surface area contributed by atoms with Gasteiger partial charge in [0.2, 0.25) is 0 Å². The molecule has 0 bridgehead atoms. The summed E-state index contributed by atoms with van der Waals surface area (Å²) in [6.07, 6.45) is 9.45. The standard InChI is InChI=1S/C16H32N2O/c1-2-17-16-9-5-3-4-8-15(16)12-18-10-6-7-14(11-18)13-19/h14-17,19H,2-13H2,1H3. The van der Waals surface area contributed by atoms with E-state index in [4.69, 9.17) is 0 Å². The molecule has 2 aliphatic rings. The molecule has 1 heterocycles. The maximum Gasteiger partial charge on any atom is 0.0471 e. The maximum atomic E-state index is 9.36. The van der Waals surface area contributed by atoms with Crippen LogP contribution in [-0.2, 0) is 0 Å². The van der Waals surface area contributed by atoms with Crippen LogP contribution in [0.25, 0.3) is 0 Å². The van der Waals surface area contributed by atoms with E-state index in [9.17, 15) is 5.11 Å². The van der Waals surface area contributed by atoms with Gasteiger partial charge < -0.3 is 15.3 Å². The third-order valence-corrected chi connectivity index (χ3v) is 4.98. The third kappa shape index (κ3) is 4.73. The molecule has 3 heteroatoms. The van der Waals surface area contributed by atoms with E-state index in [1.54, 1.807) is 0 Å². The van der Waals surface area contributed by atoms with Crippen LogP contribution in [0.2, 0.25) is 0 Å². The molecule has 0 amide bonds. The molecule has 0 aromatic heterocycles. The molecule has 0 radical (unpaired) electrons. The van der Waals surface area contributed by atoms with Crippen molar-refractivity contribution in [2.75, 3.05) is 32.8 Å². The molecule has 0 aromatic carbocycles. The number of piperidine rings is 1. The van der Waals surface area contributed by atoms with Crippen LogP contribution in [-0.4, -0.2) is 48.8 Å². The van der Waals surface area contributed by atoms with Gasteiger partial charge >= 0.3 is 0 Å². The lowest BCUT2D eigenvalue weighted by Crippen LogP contribution is -2.45. The first kappa shape index (κ1) is 15.3. The summed E-state index contributed by atoms with van der Waals surface area (Å²) in [6.45, 7) is 7.30. The summed E-state index contributed by atoms with van der Waals surface area (Å²) in [5.74, 6) is 1.34. The minimum Gasteiger partial charge on any atom is -0.396 e. The smallest absolute Gasteiger partial charge is 0.0471 e.